The minimum absolute atomic E-state index is 0.0527. The number of aliphatic hydroxyl groups excluding tert-OH is 1. The number of alkyl halides is 1. The summed E-state index contributed by atoms with van der Waals surface area (Å²) in [5, 5.41) is 34.4. The highest BCUT2D eigenvalue weighted by Gasteiger charge is 2.74. The van der Waals surface area contributed by atoms with Crippen molar-refractivity contribution < 1.29 is 34.4 Å². The van der Waals surface area contributed by atoms with Crippen molar-refractivity contribution in [1.82, 2.24) is 0 Å². The van der Waals surface area contributed by atoms with Crippen LogP contribution in [-0.2, 0) is 4.74 Å². The van der Waals surface area contributed by atoms with Crippen molar-refractivity contribution in [1.29, 1.82) is 0 Å². The summed E-state index contributed by atoms with van der Waals surface area (Å²) in [6.07, 6.45) is -4.17. The van der Waals surface area contributed by atoms with E-state index in [0.717, 1.165) is 0 Å². The van der Waals surface area contributed by atoms with Gasteiger partial charge in [0.05, 0.1) is 0 Å². The molecular weight excluding hydrogens is 460 g/mol. The first kappa shape index (κ1) is 23.9. The SMILES string of the molecule is O=C(c1ccccc1)C(O)[C@H]1O[C@H](Cl)[C@@](O)(C(=O)c2ccccc2)[C@@]1(O)C(=O)c1ccccc1. The fourth-order valence-electron chi connectivity index (χ4n) is 4.13. The average molecular weight is 481 g/mol. The molecule has 3 aromatic carbocycles. The molecular formula is C26H21ClO7. The van der Waals surface area contributed by atoms with Gasteiger partial charge in [-0.2, -0.15) is 0 Å². The fourth-order valence-corrected chi connectivity index (χ4v) is 4.50. The van der Waals surface area contributed by atoms with Crippen LogP contribution in [0.25, 0.3) is 0 Å². The zero-order valence-electron chi connectivity index (χ0n) is 17.7. The zero-order valence-corrected chi connectivity index (χ0v) is 18.5. The third-order valence-corrected chi connectivity index (χ3v) is 6.38. The van der Waals surface area contributed by atoms with E-state index in [1.54, 1.807) is 30.3 Å². The second-order valence-corrected chi connectivity index (χ2v) is 8.37. The maximum atomic E-state index is 13.6. The Hall–Kier alpha value is -3.20. The van der Waals surface area contributed by atoms with Crippen LogP contribution >= 0.6 is 11.6 Å². The van der Waals surface area contributed by atoms with Crippen molar-refractivity contribution in [2.45, 2.75) is 29.0 Å². The summed E-state index contributed by atoms with van der Waals surface area (Å²) in [7, 11) is 0. The van der Waals surface area contributed by atoms with E-state index >= 15 is 0 Å². The molecule has 1 saturated heterocycles. The molecule has 3 N–H and O–H groups in total. The number of ketones is 3. The molecule has 1 fully saturated rings. The number of hydrogen-bond acceptors (Lipinski definition) is 7. The summed E-state index contributed by atoms with van der Waals surface area (Å²) in [5.74, 6) is -3.11. The first-order valence-electron chi connectivity index (χ1n) is 10.4. The van der Waals surface area contributed by atoms with Gasteiger partial charge in [-0.1, -0.05) is 103 Å². The number of rotatable bonds is 7. The number of carbonyl (C=O) groups excluding carboxylic acids is 3. The number of ether oxygens (including phenoxy) is 1. The van der Waals surface area contributed by atoms with Gasteiger partial charge in [-0.3, -0.25) is 14.4 Å². The predicted molar refractivity (Wildman–Crippen MR) is 123 cm³/mol. The molecule has 8 heteroatoms. The number of halogens is 1. The van der Waals surface area contributed by atoms with Crippen molar-refractivity contribution in [3.05, 3.63) is 108 Å². The summed E-state index contributed by atoms with van der Waals surface area (Å²) in [6.45, 7) is 0. The van der Waals surface area contributed by atoms with Gasteiger partial charge in [0.15, 0.2) is 16.9 Å². The van der Waals surface area contributed by atoms with Crippen LogP contribution in [0.1, 0.15) is 31.1 Å². The Bertz CT molecular complexity index is 1200. The fraction of sp³-hybridized carbons (Fsp3) is 0.192. The van der Waals surface area contributed by atoms with Crippen molar-refractivity contribution in [2.75, 3.05) is 0 Å². The molecule has 0 radical (unpaired) electrons. The maximum Gasteiger partial charge on any atom is 0.207 e. The average Bonchev–Trinajstić information content (AvgIpc) is 3.10. The predicted octanol–water partition coefficient (Wildman–Crippen LogP) is 2.42. The molecule has 5 atom stereocenters. The van der Waals surface area contributed by atoms with E-state index in [-0.39, 0.29) is 16.7 Å². The van der Waals surface area contributed by atoms with Gasteiger partial charge in [-0.25, -0.2) is 0 Å². The number of aliphatic hydroxyl groups is 3. The Kier molecular flexibility index (Phi) is 6.49. The first-order valence-corrected chi connectivity index (χ1v) is 10.9. The van der Waals surface area contributed by atoms with E-state index in [1.807, 2.05) is 0 Å². The van der Waals surface area contributed by atoms with Crippen LogP contribution in [-0.4, -0.2) is 61.6 Å². The smallest absolute Gasteiger partial charge is 0.207 e. The van der Waals surface area contributed by atoms with E-state index < -0.39 is 46.3 Å². The molecule has 0 bridgehead atoms. The first-order chi connectivity index (χ1) is 16.2. The van der Waals surface area contributed by atoms with Crippen molar-refractivity contribution in [3.63, 3.8) is 0 Å². The van der Waals surface area contributed by atoms with Crippen molar-refractivity contribution >= 4 is 29.0 Å². The molecule has 0 spiro atoms. The van der Waals surface area contributed by atoms with Crippen LogP contribution in [0, 0.1) is 0 Å². The molecule has 0 aromatic heterocycles. The van der Waals surface area contributed by atoms with E-state index in [2.05, 4.69) is 0 Å². The van der Waals surface area contributed by atoms with Gasteiger partial charge in [-0.15, -0.1) is 0 Å². The summed E-state index contributed by atoms with van der Waals surface area (Å²) >= 11 is 6.24. The number of carbonyl (C=O) groups is 3. The van der Waals surface area contributed by atoms with Crippen LogP contribution in [0.5, 0.6) is 0 Å². The molecule has 0 amide bonds. The second-order valence-electron chi connectivity index (χ2n) is 7.97. The van der Waals surface area contributed by atoms with Gasteiger partial charge in [-0.05, 0) is 0 Å². The molecule has 0 saturated carbocycles. The summed E-state index contributed by atoms with van der Waals surface area (Å²) < 4.78 is 5.44. The monoisotopic (exact) mass is 480 g/mol. The van der Waals surface area contributed by atoms with Crippen molar-refractivity contribution in [2.24, 2.45) is 0 Å². The number of Topliss-reactive ketones (excluding diaryl/α,β-unsaturated/α-hetero) is 3. The maximum absolute atomic E-state index is 13.6. The molecule has 1 aliphatic rings. The highest BCUT2D eigenvalue weighted by molar-refractivity contribution is 6.26. The molecule has 34 heavy (non-hydrogen) atoms. The lowest BCUT2D eigenvalue weighted by Crippen LogP contribution is -2.69. The quantitative estimate of drug-likeness (QED) is 0.351. The largest absolute Gasteiger partial charge is 0.382 e. The molecule has 7 nitrogen and oxygen atoms in total. The molecule has 3 aromatic rings. The lowest BCUT2D eigenvalue weighted by molar-refractivity contribution is -0.105. The minimum atomic E-state index is -3.10. The normalized spacial score (nSPS) is 27.2. The highest BCUT2D eigenvalue weighted by Crippen LogP contribution is 2.47. The Morgan fingerprint density at radius 1 is 0.706 bits per heavy atom. The highest BCUT2D eigenvalue weighted by atomic mass is 35.5. The Balaban J connectivity index is 1.86. The molecule has 4 rings (SSSR count). The van der Waals surface area contributed by atoms with Gasteiger partial charge in [0.2, 0.25) is 17.2 Å². The number of hydrogen-bond donors (Lipinski definition) is 3. The van der Waals surface area contributed by atoms with E-state index in [4.69, 9.17) is 16.3 Å². The van der Waals surface area contributed by atoms with E-state index in [9.17, 15) is 29.7 Å². The van der Waals surface area contributed by atoms with Crippen LogP contribution < -0.4 is 0 Å². The minimum Gasteiger partial charge on any atom is -0.382 e. The summed E-state index contributed by atoms with van der Waals surface area (Å²) in [5.41, 5.74) is -8.14. The number of benzene rings is 3. The third kappa shape index (κ3) is 3.68. The third-order valence-electron chi connectivity index (χ3n) is 5.97. The van der Waals surface area contributed by atoms with E-state index in [0.29, 0.717) is 0 Å². The van der Waals surface area contributed by atoms with Gasteiger partial charge in [0.1, 0.15) is 12.2 Å². The van der Waals surface area contributed by atoms with Crippen molar-refractivity contribution in [3.8, 4) is 0 Å². The van der Waals surface area contributed by atoms with Gasteiger partial charge < -0.3 is 20.1 Å². The summed E-state index contributed by atoms with van der Waals surface area (Å²) in [4.78, 5) is 40.0. The summed E-state index contributed by atoms with van der Waals surface area (Å²) in [6, 6.07) is 22.5. The Labute approximate surface area is 200 Å². The standard InChI is InChI=1S/C26H21ClO7/c27-24-26(33,22(31)18-14-8-3-9-15-18)25(32,21(30)17-12-6-2-7-13-17)23(34-24)20(29)19(28)16-10-4-1-5-11-16/h1-15,20,23-24,29,32-33H/t20?,23-,24+,25-,26+/m1/s1. The van der Waals surface area contributed by atoms with Gasteiger partial charge >= 0.3 is 0 Å². The lowest BCUT2D eigenvalue weighted by atomic mass is 9.70. The molecule has 174 valence electrons. The molecule has 1 aliphatic heterocycles. The van der Waals surface area contributed by atoms with Crippen LogP contribution in [0.4, 0.5) is 0 Å². The van der Waals surface area contributed by atoms with Crippen LogP contribution in [0.3, 0.4) is 0 Å². The Morgan fingerprint density at radius 3 is 1.53 bits per heavy atom. The molecule has 1 heterocycles. The lowest BCUT2D eigenvalue weighted by Gasteiger charge is -2.38. The van der Waals surface area contributed by atoms with Gasteiger partial charge in [0.25, 0.3) is 0 Å². The molecule has 1 unspecified atom stereocenters. The zero-order chi connectivity index (χ0) is 24.5. The van der Waals surface area contributed by atoms with Crippen LogP contribution in [0.15, 0.2) is 91.0 Å². The van der Waals surface area contributed by atoms with Crippen LogP contribution in [0.2, 0.25) is 0 Å². The van der Waals surface area contributed by atoms with E-state index in [1.165, 1.54) is 60.7 Å². The van der Waals surface area contributed by atoms with Gasteiger partial charge in [0, 0.05) is 16.7 Å². The topological polar surface area (TPSA) is 121 Å². The second kappa shape index (κ2) is 9.21. The molecule has 0 aliphatic carbocycles. The Morgan fingerprint density at radius 2 is 1.09 bits per heavy atom.